The molecule has 0 saturated heterocycles. The van der Waals surface area contributed by atoms with Crippen molar-refractivity contribution in [1.82, 2.24) is 9.88 Å². The normalized spacial score (nSPS) is 19.6. The number of hydrogen-bond donors (Lipinski definition) is 1. The van der Waals surface area contributed by atoms with Crippen molar-refractivity contribution < 1.29 is 14.3 Å². The highest BCUT2D eigenvalue weighted by atomic mass is 16.5. The van der Waals surface area contributed by atoms with Gasteiger partial charge in [-0.05, 0) is 51.7 Å². The molecule has 2 atom stereocenters. The Morgan fingerprint density at radius 1 is 1.22 bits per heavy atom. The quantitative estimate of drug-likeness (QED) is 0.742. The molecule has 1 aromatic heterocycles. The Morgan fingerprint density at radius 3 is 2.59 bits per heavy atom. The Labute approximate surface area is 161 Å². The Kier molecular flexibility index (Phi) is 7.63. The summed E-state index contributed by atoms with van der Waals surface area (Å²) < 4.78 is 6.86. The third kappa shape index (κ3) is 4.99. The fourth-order valence-corrected chi connectivity index (χ4v) is 3.72. The fraction of sp³-hybridized carbons (Fsp3) is 0.667. The van der Waals surface area contributed by atoms with E-state index in [2.05, 4.69) is 12.2 Å². The van der Waals surface area contributed by atoms with Gasteiger partial charge in [0.25, 0.3) is 11.5 Å². The lowest BCUT2D eigenvalue weighted by Crippen LogP contribution is -2.47. The van der Waals surface area contributed by atoms with E-state index < -0.39 is 5.91 Å². The molecule has 1 N–H and O–H groups in total. The number of carbonyl (C=O) groups excluding carboxylic acids is 2. The van der Waals surface area contributed by atoms with Crippen LogP contribution in [0.15, 0.2) is 10.9 Å². The third-order valence-electron chi connectivity index (χ3n) is 5.46. The largest absolute Gasteiger partial charge is 0.466 e. The van der Waals surface area contributed by atoms with E-state index in [1.165, 1.54) is 0 Å². The third-order valence-corrected chi connectivity index (χ3v) is 5.46. The highest BCUT2D eigenvalue weighted by Gasteiger charge is 2.33. The molecule has 1 amide bonds. The van der Waals surface area contributed by atoms with Crippen molar-refractivity contribution in [2.75, 3.05) is 6.61 Å². The molecule has 1 aliphatic rings. The van der Waals surface area contributed by atoms with Gasteiger partial charge >= 0.3 is 5.97 Å². The maximum absolute atomic E-state index is 12.9. The first-order chi connectivity index (χ1) is 12.9. The number of aromatic nitrogens is 1. The zero-order valence-electron chi connectivity index (χ0n) is 17.0. The number of pyridine rings is 1. The van der Waals surface area contributed by atoms with Gasteiger partial charge in [-0.2, -0.15) is 0 Å². The zero-order valence-corrected chi connectivity index (χ0v) is 17.0. The number of nitrogens with zero attached hydrogens (tertiary/aromatic N) is 1. The number of carbonyl (C=O) groups is 2. The van der Waals surface area contributed by atoms with Gasteiger partial charge in [-0.1, -0.05) is 26.2 Å². The molecule has 1 heterocycles. The Hall–Kier alpha value is -2.11. The molecule has 1 aliphatic carbocycles. The lowest BCUT2D eigenvalue weighted by atomic mass is 9.84. The van der Waals surface area contributed by atoms with Crippen molar-refractivity contribution in [3.05, 3.63) is 33.2 Å². The van der Waals surface area contributed by atoms with Crippen LogP contribution >= 0.6 is 0 Å². The Bertz CT molecular complexity index is 738. The van der Waals surface area contributed by atoms with Gasteiger partial charge in [0, 0.05) is 18.3 Å². The molecule has 0 bridgehead atoms. The summed E-state index contributed by atoms with van der Waals surface area (Å²) in [5.74, 6) is -0.992. The molecular weight excluding hydrogens is 344 g/mol. The molecule has 1 aromatic rings. The molecule has 27 heavy (non-hydrogen) atoms. The van der Waals surface area contributed by atoms with Gasteiger partial charge in [-0.25, -0.2) is 0 Å². The predicted octanol–water partition coefficient (Wildman–Crippen LogP) is 3.12. The molecule has 0 aliphatic heterocycles. The van der Waals surface area contributed by atoms with Crippen molar-refractivity contribution in [1.29, 1.82) is 0 Å². The molecule has 6 nitrogen and oxygen atoms in total. The van der Waals surface area contributed by atoms with Gasteiger partial charge in [0.05, 0.1) is 12.5 Å². The predicted molar refractivity (Wildman–Crippen MR) is 105 cm³/mol. The first-order valence-corrected chi connectivity index (χ1v) is 10.1. The van der Waals surface area contributed by atoms with Crippen molar-refractivity contribution >= 4 is 11.9 Å². The standard InChI is InChI=1S/C21H32N2O4/c1-5-7-12-23-15(4)14(3)13-17(20(23)25)19(24)22-18-11-9-8-10-16(18)21(26)27-6-2/h13,16,18H,5-12H2,1-4H3,(H,22,24). The number of aryl methyl sites for hydroxylation is 1. The highest BCUT2D eigenvalue weighted by molar-refractivity contribution is 5.94. The minimum Gasteiger partial charge on any atom is -0.466 e. The second-order valence-electron chi connectivity index (χ2n) is 7.36. The van der Waals surface area contributed by atoms with Gasteiger partial charge in [-0.15, -0.1) is 0 Å². The smallest absolute Gasteiger partial charge is 0.311 e. The Morgan fingerprint density at radius 2 is 1.93 bits per heavy atom. The average molecular weight is 376 g/mol. The summed E-state index contributed by atoms with van der Waals surface area (Å²) in [6.07, 6.45) is 5.20. The SMILES string of the molecule is CCCCn1c(C)c(C)cc(C(=O)NC2CCCCC2C(=O)OCC)c1=O. The summed E-state index contributed by atoms with van der Waals surface area (Å²) in [5, 5.41) is 2.94. The van der Waals surface area contributed by atoms with Gasteiger partial charge < -0.3 is 14.6 Å². The second kappa shape index (κ2) is 9.72. The molecule has 150 valence electrons. The summed E-state index contributed by atoms with van der Waals surface area (Å²) in [6.45, 7) is 8.61. The maximum atomic E-state index is 12.9. The van der Waals surface area contributed by atoms with Crippen molar-refractivity contribution in [3.8, 4) is 0 Å². The number of esters is 1. The fourth-order valence-electron chi connectivity index (χ4n) is 3.72. The first-order valence-electron chi connectivity index (χ1n) is 10.1. The minimum absolute atomic E-state index is 0.155. The molecule has 1 fully saturated rings. The molecule has 2 rings (SSSR count). The molecule has 2 unspecified atom stereocenters. The van der Waals surface area contributed by atoms with E-state index in [0.29, 0.717) is 19.6 Å². The van der Waals surface area contributed by atoms with E-state index >= 15 is 0 Å². The van der Waals surface area contributed by atoms with E-state index in [9.17, 15) is 14.4 Å². The molecule has 0 spiro atoms. The zero-order chi connectivity index (χ0) is 20.0. The monoisotopic (exact) mass is 376 g/mol. The average Bonchev–Trinajstić information content (AvgIpc) is 2.65. The summed E-state index contributed by atoms with van der Waals surface area (Å²) in [5.41, 5.74) is 1.71. The minimum atomic E-state index is -0.394. The van der Waals surface area contributed by atoms with Crippen LogP contribution in [-0.2, 0) is 16.1 Å². The highest BCUT2D eigenvalue weighted by Crippen LogP contribution is 2.26. The number of hydrogen-bond acceptors (Lipinski definition) is 4. The molecule has 0 radical (unpaired) electrons. The second-order valence-corrected chi connectivity index (χ2v) is 7.36. The summed E-state index contributed by atoms with van der Waals surface area (Å²) in [6, 6.07) is 1.38. The van der Waals surface area contributed by atoms with Crippen LogP contribution in [0.5, 0.6) is 0 Å². The summed E-state index contributed by atoms with van der Waals surface area (Å²) in [4.78, 5) is 38.0. The van der Waals surface area contributed by atoms with Gasteiger partial charge in [0.2, 0.25) is 0 Å². The summed E-state index contributed by atoms with van der Waals surface area (Å²) in [7, 11) is 0. The van der Waals surface area contributed by atoms with Crippen LogP contribution in [0, 0.1) is 19.8 Å². The number of unbranched alkanes of at least 4 members (excludes halogenated alkanes) is 1. The number of amides is 1. The van der Waals surface area contributed by atoms with Crippen molar-refractivity contribution in [2.45, 2.75) is 78.8 Å². The van der Waals surface area contributed by atoms with Crippen LogP contribution < -0.4 is 10.9 Å². The van der Waals surface area contributed by atoms with Crippen LogP contribution in [0.25, 0.3) is 0 Å². The number of nitrogens with one attached hydrogen (secondary N) is 1. The topological polar surface area (TPSA) is 77.4 Å². The van der Waals surface area contributed by atoms with Crippen molar-refractivity contribution in [3.63, 3.8) is 0 Å². The maximum Gasteiger partial charge on any atom is 0.311 e. The lowest BCUT2D eigenvalue weighted by molar-refractivity contribution is -0.150. The number of rotatable bonds is 7. The van der Waals surface area contributed by atoms with Crippen LogP contribution in [0.1, 0.15) is 74.0 Å². The van der Waals surface area contributed by atoms with Crippen LogP contribution in [0.4, 0.5) is 0 Å². The van der Waals surface area contributed by atoms with E-state index in [-0.39, 0.29) is 29.1 Å². The van der Waals surface area contributed by atoms with Gasteiger partial charge in [0.1, 0.15) is 5.56 Å². The van der Waals surface area contributed by atoms with Crippen LogP contribution in [-0.4, -0.2) is 29.1 Å². The lowest BCUT2D eigenvalue weighted by Gasteiger charge is -2.30. The molecule has 1 saturated carbocycles. The molecule has 0 aromatic carbocycles. The van der Waals surface area contributed by atoms with E-state index in [1.54, 1.807) is 17.6 Å². The van der Waals surface area contributed by atoms with Gasteiger partial charge in [-0.3, -0.25) is 14.4 Å². The van der Waals surface area contributed by atoms with E-state index in [1.807, 2.05) is 13.8 Å². The van der Waals surface area contributed by atoms with E-state index in [0.717, 1.165) is 43.4 Å². The Balaban J connectivity index is 2.25. The van der Waals surface area contributed by atoms with Crippen LogP contribution in [0.3, 0.4) is 0 Å². The van der Waals surface area contributed by atoms with Gasteiger partial charge in [0.15, 0.2) is 0 Å². The van der Waals surface area contributed by atoms with Crippen LogP contribution in [0.2, 0.25) is 0 Å². The van der Waals surface area contributed by atoms with E-state index in [4.69, 9.17) is 4.74 Å². The molecule has 6 heteroatoms. The number of ether oxygens (including phenoxy) is 1. The molecular formula is C21H32N2O4. The van der Waals surface area contributed by atoms with Crippen molar-refractivity contribution in [2.24, 2.45) is 5.92 Å². The summed E-state index contributed by atoms with van der Waals surface area (Å²) >= 11 is 0. The first kappa shape index (κ1) is 21.2.